The number of nitrogen functional groups attached to an aromatic ring is 1. The zero-order valence-corrected chi connectivity index (χ0v) is 18.7. The van der Waals surface area contributed by atoms with E-state index in [4.69, 9.17) is 5.73 Å². The van der Waals surface area contributed by atoms with Gasteiger partial charge in [0, 0.05) is 41.5 Å². The number of carbonyl (C=O) groups excluding carboxylic acids is 2. The van der Waals surface area contributed by atoms with Crippen LogP contribution in [0.2, 0.25) is 0 Å². The van der Waals surface area contributed by atoms with Crippen molar-refractivity contribution >= 4 is 34.0 Å². The third-order valence-corrected chi connectivity index (χ3v) is 6.38. The molecule has 0 atom stereocenters. The minimum absolute atomic E-state index is 0.00298. The fourth-order valence-corrected chi connectivity index (χ4v) is 4.62. The van der Waals surface area contributed by atoms with Crippen molar-refractivity contribution in [2.24, 2.45) is 5.92 Å². The van der Waals surface area contributed by atoms with E-state index in [9.17, 15) is 9.59 Å². The van der Waals surface area contributed by atoms with Crippen LogP contribution in [0.25, 0.3) is 11.3 Å². The summed E-state index contributed by atoms with van der Waals surface area (Å²) in [4.78, 5) is 36.0. The summed E-state index contributed by atoms with van der Waals surface area (Å²) in [7, 11) is 0. The molecule has 32 heavy (non-hydrogen) atoms. The molecule has 1 aliphatic rings. The number of nitrogens with two attached hydrogens (primary N) is 1. The number of anilines is 2. The summed E-state index contributed by atoms with van der Waals surface area (Å²) < 4.78 is 0. The van der Waals surface area contributed by atoms with Gasteiger partial charge < -0.3 is 16.0 Å². The zero-order valence-electron chi connectivity index (χ0n) is 17.9. The fourth-order valence-electron chi connectivity index (χ4n) is 4.05. The van der Waals surface area contributed by atoms with Crippen molar-refractivity contribution in [2.75, 3.05) is 17.6 Å². The van der Waals surface area contributed by atoms with Crippen molar-refractivity contribution in [2.45, 2.75) is 38.6 Å². The van der Waals surface area contributed by atoms with Gasteiger partial charge in [0.05, 0.1) is 5.69 Å². The van der Waals surface area contributed by atoms with Crippen molar-refractivity contribution < 1.29 is 9.59 Å². The van der Waals surface area contributed by atoms with Crippen molar-refractivity contribution in [3.63, 3.8) is 0 Å². The van der Waals surface area contributed by atoms with Gasteiger partial charge in [0.25, 0.3) is 0 Å². The Balaban J connectivity index is 1.42. The molecule has 8 heteroatoms. The molecular formula is C24H27N5O2S. The van der Waals surface area contributed by atoms with Crippen LogP contribution in [0, 0.1) is 5.92 Å². The molecule has 3 aromatic rings. The molecule has 0 saturated heterocycles. The van der Waals surface area contributed by atoms with Crippen LogP contribution in [-0.2, 0) is 16.1 Å². The standard InChI is InChI=1S/C24H27N5O2S/c25-24-28-21(16-32-24)18-6-8-20(9-7-18)27-22(30)15-29(14-17-10-12-26-13-11-17)23(31)19-4-2-1-3-5-19/h6-13,16,19H,1-5,14-15H2,(H2,25,28)(H,27,30). The Morgan fingerprint density at radius 3 is 2.44 bits per heavy atom. The van der Waals surface area contributed by atoms with Gasteiger partial charge >= 0.3 is 0 Å². The van der Waals surface area contributed by atoms with Gasteiger partial charge in [0.15, 0.2) is 5.13 Å². The van der Waals surface area contributed by atoms with E-state index in [0.717, 1.165) is 42.5 Å². The van der Waals surface area contributed by atoms with E-state index in [0.29, 0.717) is 17.4 Å². The van der Waals surface area contributed by atoms with Gasteiger partial charge in [-0.15, -0.1) is 11.3 Å². The summed E-state index contributed by atoms with van der Waals surface area (Å²) in [6.45, 7) is 0.414. The van der Waals surface area contributed by atoms with Crippen molar-refractivity contribution in [3.05, 3.63) is 59.7 Å². The maximum atomic E-state index is 13.2. The number of aromatic nitrogens is 2. The second-order valence-corrected chi connectivity index (χ2v) is 8.97. The number of carbonyl (C=O) groups is 2. The number of nitrogens with zero attached hydrogens (tertiary/aromatic N) is 3. The molecular weight excluding hydrogens is 422 g/mol. The predicted molar refractivity (Wildman–Crippen MR) is 127 cm³/mol. The first kappa shape index (κ1) is 22.0. The Bertz CT molecular complexity index is 1050. The smallest absolute Gasteiger partial charge is 0.244 e. The Hall–Kier alpha value is -3.26. The molecule has 1 aliphatic carbocycles. The maximum Gasteiger partial charge on any atom is 0.244 e. The van der Waals surface area contributed by atoms with E-state index in [1.54, 1.807) is 17.3 Å². The second kappa shape index (κ2) is 10.4. The number of benzene rings is 1. The topological polar surface area (TPSA) is 101 Å². The Labute approximate surface area is 191 Å². The van der Waals surface area contributed by atoms with E-state index >= 15 is 0 Å². The molecule has 1 saturated carbocycles. The summed E-state index contributed by atoms with van der Waals surface area (Å²) in [5.74, 6) is -0.148. The van der Waals surface area contributed by atoms with E-state index in [1.807, 2.05) is 41.8 Å². The summed E-state index contributed by atoms with van der Waals surface area (Å²) in [5.41, 5.74) is 9.09. The lowest BCUT2D eigenvalue weighted by atomic mass is 9.88. The van der Waals surface area contributed by atoms with Gasteiger partial charge in [-0.25, -0.2) is 4.98 Å². The number of amides is 2. The summed E-state index contributed by atoms with van der Waals surface area (Å²) in [5, 5.41) is 5.33. The number of rotatable bonds is 7. The van der Waals surface area contributed by atoms with Crippen LogP contribution in [0.1, 0.15) is 37.7 Å². The highest BCUT2D eigenvalue weighted by molar-refractivity contribution is 7.13. The van der Waals surface area contributed by atoms with Crippen molar-refractivity contribution in [1.82, 2.24) is 14.9 Å². The molecule has 0 bridgehead atoms. The highest BCUT2D eigenvalue weighted by atomic mass is 32.1. The van der Waals surface area contributed by atoms with Crippen LogP contribution >= 0.6 is 11.3 Å². The van der Waals surface area contributed by atoms with Crippen LogP contribution in [0.3, 0.4) is 0 Å². The highest BCUT2D eigenvalue weighted by Gasteiger charge is 2.27. The van der Waals surface area contributed by atoms with E-state index < -0.39 is 0 Å². The third-order valence-electron chi connectivity index (χ3n) is 5.71. The first-order chi connectivity index (χ1) is 15.6. The summed E-state index contributed by atoms with van der Waals surface area (Å²) in [6, 6.07) is 11.2. The molecule has 0 aliphatic heterocycles. The summed E-state index contributed by atoms with van der Waals surface area (Å²) in [6.07, 6.45) is 8.53. The Kier molecular flexibility index (Phi) is 7.11. The molecule has 0 unspecified atom stereocenters. The van der Waals surface area contributed by atoms with Gasteiger partial charge in [-0.05, 0) is 42.7 Å². The number of pyridine rings is 1. The summed E-state index contributed by atoms with van der Waals surface area (Å²) >= 11 is 1.39. The third kappa shape index (κ3) is 5.70. The molecule has 2 amide bonds. The minimum atomic E-state index is -0.214. The number of hydrogen-bond acceptors (Lipinski definition) is 6. The Morgan fingerprint density at radius 2 is 1.78 bits per heavy atom. The normalized spacial score (nSPS) is 14.1. The molecule has 3 N–H and O–H groups in total. The van der Waals surface area contributed by atoms with Crippen LogP contribution in [-0.4, -0.2) is 33.2 Å². The van der Waals surface area contributed by atoms with Gasteiger partial charge in [-0.3, -0.25) is 14.6 Å². The average Bonchev–Trinajstić information content (AvgIpc) is 3.26. The van der Waals surface area contributed by atoms with Gasteiger partial charge in [-0.1, -0.05) is 31.4 Å². The van der Waals surface area contributed by atoms with Crippen molar-refractivity contribution in [1.29, 1.82) is 0 Å². The van der Waals surface area contributed by atoms with Crippen LogP contribution in [0.5, 0.6) is 0 Å². The molecule has 4 rings (SSSR count). The molecule has 1 fully saturated rings. The van der Waals surface area contributed by atoms with E-state index in [1.165, 1.54) is 17.8 Å². The van der Waals surface area contributed by atoms with E-state index in [2.05, 4.69) is 15.3 Å². The average molecular weight is 450 g/mol. The lowest BCUT2D eigenvalue weighted by Crippen LogP contribution is -2.41. The monoisotopic (exact) mass is 449 g/mol. The van der Waals surface area contributed by atoms with Crippen LogP contribution < -0.4 is 11.1 Å². The molecule has 2 aromatic heterocycles. The molecule has 0 radical (unpaired) electrons. The Morgan fingerprint density at radius 1 is 1.06 bits per heavy atom. The first-order valence-corrected chi connectivity index (χ1v) is 11.8. The van der Waals surface area contributed by atoms with E-state index in [-0.39, 0.29) is 24.3 Å². The molecule has 166 valence electrons. The van der Waals surface area contributed by atoms with Crippen LogP contribution in [0.15, 0.2) is 54.2 Å². The number of hydrogen-bond donors (Lipinski definition) is 2. The SMILES string of the molecule is Nc1nc(-c2ccc(NC(=O)CN(Cc3ccncc3)C(=O)C3CCCCC3)cc2)cs1. The van der Waals surface area contributed by atoms with Crippen LogP contribution in [0.4, 0.5) is 10.8 Å². The van der Waals surface area contributed by atoms with Crippen molar-refractivity contribution in [3.8, 4) is 11.3 Å². The predicted octanol–water partition coefficient (Wildman–Crippen LogP) is 4.33. The molecule has 7 nitrogen and oxygen atoms in total. The molecule has 0 spiro atoms. The molecule has 2 heterocycles. The quantitative estimate of drug-likeness (QED) is 0.559. The number of nitrogens with one attached hydrogen (secondary N) is 1. The fraction of sp³-hybridized carbons (Fsp3) is 0.333. The minimum Gasteiger partial charge on any atom is -0.375 e. The highest BCUT2D eigenvalue weighted by Crippen LogP contribution is 2.27. The lowest BCUT2D eigenvalue weighted by molar-refractivity contribution is -0.139. The first-order valence-electron chi connectivity index (χ1n) is 10.9. The zero-order chi connectivity index (χ0) is 22.3. The second-order valence-electron chi connectivity index (χ2n) is 8.08. The lowest BCUT2D eigenvalue weighted by Gasteiger charge is -2.29. The maximum absolute atomic E-state index is 13.2. The molecule has 1 aromatic carbocycles. The van der Waals surface area contributed by atoms with Gasteiger partial charge in [0.1, 0.15) is 6.54 Å². The van der Waals surface area contributed by atoms with Gasteiger partial charge in [0.2, 0.25) is 11.8 Å². The van der Waals surface area contributed by atoms with Gasteiger partial charge in [-0.2, -0.15) is 0 Å². The number of thiazole rings is 1. The largest absolute Gasteiger partial charge is 0.375 e.